The van der Waals surface area contributed by atoms with Crippen LogP contribution in [0.1, 0.15) is 31.1 Å². The number of carbonyl (C=O) groups is 1. The minimum Gasteiger partial charge on any atom is -0.422 e. The van der Waals surface area contributed by atoms with E-state index in [-0.39, 0.29) is 5.56 Å². The third kappa shape index (κ3) is 3.61. The van der Waals surface area contributed by atoms with E-state index in [0.717, 1.165) is 12.2 Å². The Hall–Kier alpha value is -3.08. The first-order valence-electron chi connectivity index (χ1n) is 8.70. The van der Waals surface area contributed by atoms with E-state index in [0.29, 0.717) is 22.7 Å². The summed E-state index contributed by atoms with van der Waals surface area (Å²) < 4.78 is 5.22. The van der Waals surface area contributed by atoms with Crippen molar-refractivity contribution in [3.63, 3.8) is 0 Å². The lowest BCUT2D eigenvalue weighted by Crippen LogP contribution is -2.30. The Morgan fingerprint density at radius 3 is 2.46 bits per heavy atom. The standard InChI is InChI=1S/C21H22N2O3/c1-4-23(14(2)3)17-11-9-16(10-12-17)22-20(24)18-13-15-7-5-6-8-19(15)26-21(18)25/h5-14H,4H2,1-3H3,(H,22,24). The van der Waals surface area contributed by atoms with E-state index in [4.69, 9.17) is 4.42 Å². The first-order chi connectivity index (χ1) is 12.5. The van der Waals surface area contributed by atoms with Crippen LogP contribution in [0, 0.1) is 0 Å². The molecule has 0 aliphatic carbocycles. The summed E-state index contributed by atoms with van der Waals surface area (Å²) in [6.45, 7) is 7.28. The van der Waals surface area contributed by atoms with Gasteiger partial charge in [-0.05, 0) is 57.2 Å². The van der Waals surface area contributed by atoms with Crippen molar-refractivity contribution in [3.8, 4) is 0 Å². The lowest BCUT2D eigenvalue weighted by molar-refractivity contribution is 0.102. The molecule has 0 bridgehead atoms. The van der Waals surface area contributed by atoms with Gasteiger partial charge in [0.05, 0.1) is 0 Å². The van der Waals surface area contributed by atoms with Crippen LogP contribution in [-0.4, -0.2) is 18.5 Å². The number of nitrogens with zero attached hydrogens (tertiary/aromatic N) is 1. The van der Waals surface area contributed by atoms with Crippen molar-refractivity contribution in [1.82, 2.24) is 0 Å². The molecule has 3 aromatic rings. The molecule has 0 saturated carbocycles. The Bertz CT molecular complexity index is 974. The number of benzene rings is 2. The van der Waals surface area contributed by atoms with Gasteiger partial charge in [0.15, 0.2) is 0 Å². The molecule has 1 heterocycles. The highest BCUT2D eigenvalue weighted by molar-refractivity contribution is 6.05. The topological polar surface area (TPSA) is 62.6 Å². The summed E-state index contributed by atoms with van der Waals surface area (Å²) in [5, 5.41) is 3.47. The molecular weight excluding hydrogens is 328 g/mol. The van der Waals surface area contributed by atoms with Crippen molar-refractivity contribution in [2.24, 2.45) is 0 Å². The van der Waals surface area contributed by atoms with Crippen LogP contribution in [0.25, 0.3) is 11.0 Å². The zero-order chi connectivity index (χ0) is 18.7. The van der Waals surface area contributed by atoms with Crippen LogP contribution < -0.4 is 15.8 Å². The molecule has 0 spiro atoms. The molecule has 0 radical (unpaired) electrons. The van der Waals surface area contributed by atoms with Crippen molar-refractivity contribution in [2.45, 2.75) is 26.8 Å². The Labute approximate surface area is 152 Å². The van der Waals surface area contributed by atoms with Gasteiger partial charge in [-0.2, -0.15) is 0 Å². The van der Waals surface area contributed by atoms with Gasteiger partial charge in [-0.1, -0.05) is 18.2 Å². The van der Waals surface area contributed by atoms with E-state index in [2.05, 4.69) is 31.0 Å². The molecule has 1 N–H and O–H groups in total. The van der Waals surface area contributed by atoms with Crippen molar-refractivity contribution in [1.29, 1.82) is 0 Å². The number of hydrogen-bond acceptors (Lipinski definition) is 4. The predicted octanol–water partition coefficient (Wildman–Crippen LogP) is 4.28. The first-order valence-corrected chi connectivity index (χ1v) is 8.70. The molecule has 0 aliphatic heterocycles. The maximum atomic E-state index is 12.5. The molecule has 26 heavy (non-hydrogen) atoms. The van der Waals surface area contributed by atoms with Crippen LogP contribution in [0.2, 0.25) is 0 Å². The third-order valence-electron chi connectivity index (χ3n) is 4.31. The number of fused-ring (bicyclic) bond motifs is 1. The smallest absolute Gasteiger partial charge is 0.349 e. The highest BCUT2D eigenvalue weighted by Crippen LogP contribution is 2.20. The van der Waals surface area contributed by atoms with Crippen LogP contribution in [-0.2, 0) is 0 Å². The van der Waals surface area contributed by atoms with Crippen LogP contribution in [0.3, 0.4) is 0 Å². The number of hydrogen-bond donors (Lipinski definition) is 1. The Kier molecular flexibility index (Phi) is 5.07. The van der Waals surface area contributed by atoms with Crippen LogP contribution in [0.5, 0.6) is 0 Å². The van der Waals surface area contributed by atoms with Gasteiger partial charge in [-0.25, -0.2) is 4.79 Å². The molecule has 5 nitrogen and oxygen atoms in total. The molecule has 3 rings (SSSR count). The fraction of sp³-hybridized carbons (Fsp3) is 0.238. The van der Waals surface area contributed by atoms with Crippen molar-refractivity contribution >= 4 is 28.3 Å². The Morgan fingerprint density at radius 1 is 1.12 bits per heavy atom. The van der Waals surface area contributed by atoms with Gasteiger partial charge in [-0.3, -0.25) is 4.79 Å². The van der Waals surface area contributed by atoms with E-state index >= 15 is 0 Å². The number of rotatable bonds is 5. The van der Waals surface area contributed by atoms with Gasteiger partial charge < -0.3 is 14.6 Å². The molecule has 0 unspecified atom stereocenters. The SMILES string of the molecule is CCN(c1ccc(NC(=O)c2cc3ccccc3oc2=O)cc1)C(C)C. The average Bonchev–Trinajstić information content (AvgIpc) is 2.62. The summed E-state index contributed by atoms with van der Waals surface area (Å²) in [5.74, 6) is -0.478. The summed E-state index contributed by atoms with van der Waals surface area (Å²) in [7, 11) is 0. The minimum absolute atomic E-state index is 0.00913. The van der Waals surface area contributed by atoms with Gasteiger partial charge in [0.1, 0.15) is 11.1 Å². The van der Waals surface area contributed by atoms with Gasteiger partial charge >= 0.3 is 5.63 Å². The maximum absolute atomic E-state index is 12.5. The van der Waals surface area contributed by atoms with Gasteiger partial charge in [0.25, 0.3) is 5.91 Å². The largest absolute Gasteiger partial charge is 0.422 e. The molecule has 134 valence electrons. The molecular formula is C21H22N2O3. The predicted molar refractivity (Wildman–Crippen MR) is 105 cm³/mol. The monoisotopic (exact) mass is 350 g/mol. The second-order valence-electron chi connectivity index (χ2n) is 6.37. The van der Waals surface area contributed by atoms with Gasteiger partial charge in [-0.15, -0.1) is 0 Å². The highest BCUT2D eigenvalue weighted by atomic mass is 16.4. The normalized spacial score (nSPS) is 10.9. The van der Waals surface area contributed by atoms with E-state index in [1.165, 1.54) is 0 Å². The van der Waals surface area contributed by atoms with Crippen molar-refractivity contribution < 1.29 is 9.21 Å². The quantitative estimate of drug-likeness (QED) is 0.698. The molecule has 1 amide bonds. The lowest BCUT2D eigenvalue weighted by Gasteiger charge is -2.27. The highest BCUT2D eigenvalue weighted by Gasteiger charge is 2.14. The summed E-state index contributed by atoms with van der Waals surface area (Å²) in [6.07, 6.45) is 0. The van der Waals surface area contributed by atoms with E-state index in [9.17, 15) is 9.59 Å². The molecule has 1 aromatic heterocycles. The van der Waals surface area contributed by atoms with Gasteiger partial charge in [0.2, 0.25) is 0 Å². The maximum Gasteiger partial charge on any atom is 0.349 e. The van der Waals surface area contributed by atoms with Crippen LogP contribution in [0.4, 0.5) is 11.4 Å². The second-order valence-corrected chi connectivity index (χ2v) is 6.37. The molecule has 0 saturated heterocycles. The number of amides is 1. The third-order valence-corrected chi connectivity index (χ3v) is 4.31. The second kappa shape index (κ2) is 7.44. The fourth-order valence-corrected chi connectivity index (χ4v) is 3.00. The molecule has 0 aliphatic rings. The summed E-state index contributed by atoms with van der Waals surface area (Å²) in [4.78, 5) is 26.8. The average molecular weight is 350 g/mol. The molecule has 0 fully saturated rings. The summed E-state index contributed by atoms with van der Waals surface area (Å²) in [5.41, 5.74) is 1.53. The molecule has 0 atom stereocenters. The van der Waals surface area contributed by atoms with Crippen molar-refractivity contribution in [2.75, 3.05) is 16.8 Å². The van der Waals surface area contributed by atoms with E-state index in [1.807, 2.05) is 30.3 Å². The van der Waals surface area contributed by atoms with E-state index in [1.54, 1.807) is 24.3 Å². The Morgan fingerprint density at radius 2 is 1.81 bits per heavy atom. The molecule has 2 aromatic carbocycles. The zero-order valence-corrected chi connectivity index (χ0v) is 15.2. The van der Waals surface area contributed by atoms with Crippen LogP contribution in [0.15, 0.2) is 63.8 Å². The number of nitrogens with one attached hydrogen (secondary N) is 1. The molecule has 5 heteroatoms. The summed E-state index contributed by atoms with van der Waals surface area (Å²) >= 11 is 0. The van der Waals surface area contributed by atoms with Crippen molar-refractivity contribution in [3.05, 3.63) is 70.6 Å². The number of carbonyl (C=O) groups excluding carboxylic acids is 1. The lowest BCUT2D eigenvalue weighted by atomic mass is 10.1. The van der Waals surface area contributed by atoms with Gasteiger partial charge in [0, 0.05) is 29.3 Å². The minimum atomic E-state index is -0.644. The summed E-state index contributed by atoms with van der Waals surface area (Å²) in [6, 6.07) is 16.7. The number of anilines is 2. The Balaban J connectivity index is 1.82. The fourth-order valence-electron chi connectivity index (χ4n) is 3.00. The van der Waals surface area contributed by atoms with E-state index < -0.39 is 11.5 Å². The first kappa shape index (κ1) is 17.7. The number of para-hydroxylation sites is 1. The van der Waals surface area contributed by atoms with Crippen LogP contribution >= 0.6 is 0 Å². The zero-order valence-electron chi connectivity index (χ0n) is 15.2.